The Hall–Kier alpha value is -3.08. The van der Waals surface area contributed by atoms with Gasteiger partial charge in [0.15, 0.2) is 0 Å². The van der Waals surface area contributed by atoms with Crippen LogP contribution in [0.2, 0.25) is 0 Å². The molecule has 1 aliphatic heterocycles. The minimum atomic E-state index is -5.82. The number of benzene rings is 2. The van der Waals surface area contributed by atoms with E-state index in [-0.39, 0.29) is 24.4 Å². The van der Waals surface area contributed by atoms with Gasteiger partial charge in [-0.1, -0.05) is 24.3 Å². The van der Waals surface area contributed by atoms with E-state index in [1.165, 1.54) is 6.92 Å². The van der Waals surface area contributed by atoms with Crippen molar-refractivity contribution in [3.63, 3.8) is 0 Å². The molecule has 0 bridgehead atoms. The lowest BCUT2D eigenvalue weighted by molar-refractivity contribution is -0.0501. The molecule has 0 saturated carbocycles. The van der Waals surface area contributed by atoms with Crippen molar-refractivity contribution in [2.24, 2.45) is 0 Å². The lowest BCUT2D eigenvalue weighted by Crippen LogP contribution is -2.33. The molecule has 0 amide bonds. The van der Waals surface area contributed by atoms with E-state index in [0.717, 1.165) is 16.5 Å². The van der Waals surface area contributed by atoms with Gasteiger partial charge >= 0.3 is 15.6 Å². The zero-order valence-corrected chi connectivity index (χ0v) is 17.4. The van der Waals surface area contributed by atoms with Crippen LogP contribution in [0, 0.1) is 6.92 Å². The molecule has 0 N–H and O–H groups in total. The lowest BCUT2D eigenvalue weighted by atomic mass is 10.0. The summed E-state index contributed by atoms with van der Waals surface area (Å²) in [7, 11) is -4.25. The van der Waals surface area contributed by atoms with E-state index in [9.17, 15) is 21.6 Å². The Morgan fingerprint density at radius 1 is 1.13 bits per heavy atom. The molecule has 0 radical (unpaired) electrons. The van der Waals surface area contributed by atoms with Crippen molar-refractivity contribution in [1.29, 1.82) is 0 Å². The van der Waals surface area contributed by atoms with Crippen molar-refractivity contribution in [3.05, 3.63) is 53.5 Å². The highest BCUT2D eigenvalue weighted by molar-refractivity contribution is 7.87. The third-order valence-electron chi connectivity index (χ3n) is 5.00. The van der Waals surface area contributed by atoms with E-state index in [1.54, 1.807) is 7.11 Å². The van der Waals surface area contributed by atoms with Crippen molar-refractivity contribution in [1.82, 2.24) is 9.97 Å². The minimum Gasteiger partial charge on any atom is -0.497 e. The topological polar surface area (TPSA) is 81.6 Å². The number of nitrogens with zero attached hydrogens (tertiary/aromatic N) is 3. The molecule has 0 saturated heterocycles. The first-order valence-electron chi connectivity index (χ1n) is 9.28. The Kier molecular flexibility index (Phi) is 5.16. The van der Waals surface area contributed by atoms with Crippen LogP contribution in [0.25, 0.3) is 10.8 Å². The standard InChI is InChI=1S/C20H18F3N3O4S/c1-12-24-17-11-26(18-10-14(29-2)9-13-5-3-4-6-15(13)18)8-7-16(17)19(25-12)30-31(27,28)20(21,22)23/h3-6,9-10H,7-8,11H2,1-2H3. The first-order valence-corrected chi connectivity index (χ1v) is 10.7. The predicted molar refractivity (Wildman–Crippen MR) is 108 cm³/mol. The number of aryl methyl sites for hydroxylation is 1. The number of rotatable bonds is 4. The minimum absolute atomic E-state index is 0.114. The van der Waals surface area contributed by atoms with Crippen molar-refractivity contribution >= 4 is 26.6 Å². The highest BCUT2D eigenvalue weighted by Gasteiger charge is 2.49. The molecule has 0 unspecified atom stereocenters. The number of ether oxygens (including phenoxy) is 1. The first-order chi connectivity index (χ1) is 14.6. The summed E-state index contributed by atoms with van der Waals surface area (Å²) in [5.41, 5.74) is -4.00. The van der Waals surface area contributed by atoms with Crippen LogP contribution < -0.4 is 13.8 Å². The molecular formula is C20H18F3N3O4S. The monoisotopic (exact) mass is 453 g/mol. The molecule has 2 heterocycles. The highest BCUT2D eigenvalue weighted by Crippen LogP contribution is 2.36. The van der Waals surface area contributed by atoms with Crippen molar-refractivity contribution in [2.45, 2.75) is 25.4 Å². The molecule has 2 aromatic carbocycles. The molecule has 1 aliphatic rings. The zero-order chi connectivity index (χ0) is 22.4. The van der Waals surface area contributed by atoms with Gasteiger partial charge in [0.2, 0.25) is 5.88 Å². The van der Waals surface area contributed by atoms with E-state index in [0.29, 0.717) is 18.0 Å². The maximum absolute atomic E-state index is 12.8. The van der Waals surface area contributed by atoms with Crippen LogP contribution in [0.5, 0.6) is 11.6 Å². The molecule has 7 nitrogen and oxygen atoms in total. The van der Waals surface area contributed by atoms with E-state index < -0.39 is 21.5 Å². The Bertz CT molecular complexity index is 1260. The van der Waals surface area contributed by atoms with Gasteiger partial charge in [-0.3, -0.25) is 0 Å². The number of methoxy groups -OCH3 is 1. The molecule has 0 spiro atoms. The SMILES string of the molecule is COc1cc(N2CCc3c(nc(C)nc3OS(=O)(=O)C(F)(F)F)C2)c2ccccc2c1. The van der Waals surface area contributed by atoms with E-state index >= 15 is 0 Å². The Morgan fingerprint density at radius 3 is 2.58 bits per heavy atom. The molecule has 1 aromatic heterocycles. The normalized spacial score (nSPS) is 14.4. The van der Waals surface area contributed by atoms with Gasteiger partial charge in [-0.05, 0) is 24.8 Å². The average Bonchev–Trinajstić information content (AvgIpc) is 2.71. The third-order valence-corrected chi connectivity index (χ3v) is 5.95. The number of hydrogen-bond acceptors (Lipinski definition) is 7. The predicted octanol–water partition coefficient (Wildman–Crippen LogP) is 3.74. The fourth-order valence-corrected chi connectivity index (χ4v) is 4.02. The molecule has 164 valence electrons. The van der Waals surface area contributed by atoms with Gasteiger partial charge in [0.05, 0.1) is 19.3 Å². The summed E-state index contributed by atoms with van der Waals surface area (Å²) in [5.74, 6) is 0.206. The van der Waals surface area contributed by atoms with Gasteiger partial charge in [-0.15, -0.1) is 0 Å². The summed E-state index contributed by atoms with van der Waals surface area (Å²) in [4.78, 5) is 10.1. The van der Waals surface area contributed by atoms with Crippen molar-refractivity contribution < 1.29 is 30.5 Å². The Balaban J connectivity index is 1.74. The molecular weight excluding hydrogens is 435 g/mol. The Morgan fingerprint density at radius 2 is 1.87 bits per heavy atom. The second-order valence-electron chi connectivity index (χ2n) is 7.02. The van der Waals surface area contributed by atoms with Crippen LogP contribution >= 0.6 is 0 Å². The van der Waals surface area contributed by atoms with E-state index in [4.69, 9.17) is 4.74 Å². The van der Waals surface area contributed by atoms with E-state index in [1.807, 2.05) is 41.3 Å². The van der Waals surface area contributed by atoms with Crippen LogP contribution in [-0.2, 0) is 23.1 Å². The molecule has 3 aromatic rings. The molecule has 4 rings (SSSR count). The van der Waals surface area contributed by atoms with Gasteiger partial charge < -0.3 is 13.8 Å². The quantitative estimate of drug-likeness (QED) is 0.440. The first kappa shape index (κ1) is 21.2. The number of halogens is 3. The summed E-state index contributed by atoms with van der Waals surface area (Å²) in [6.07, 6.45) is 0.212. The second-order valence-corrected chi connectivity index (χ2v) is 8.56. The van der Waals surface area contributed by atoms with Gasteiger partial charge in [0, 0.05) is 29.2 Å². The largest absolute Gasteiger partial charge is 0.534 e. The van der Waals surface area contributed by atoms with Crippen LogP contribution in [0.1, 0.15) is 17.1 Å². The summed E-state index contributed by atoms with van der Waals surface area (Å²) in [6, 6.07) is 11.5. The zero-order valence-electron chi connectivity index (χ0n) is 16.6. The number of aromatic nitrogens is 2. The van der Waals surface area contributed by atoms with Gasteiger partial charge in [0.25, 0.3) is 0 Å². The number of anilines is 1. The van der Waals surface area contributed by atoms with Crippen LogP contribution in [0.4, 0.5) is 18.9 Å². The number of hydrogen-bond donors (Lipinski definition) is 0. The summed E-state index contributed by atoms with van der Waals surface area (Å²) in [6.45, 7) is 2.12. The van der Waals surface area contributed by atoms with Gasteiger partial charge in [-0.25, -0.2) is 4.98 Å². The van der Waals surface area contributed by atoms with Crippen molar-refractivity contribution in [3.8, 4) is 11.6 Å². The van der Waals surface area contributed by atoms with Gasteiger partial charge in [-0.2, -0.15) is 26.6 Å². The van der Waals surface area contributed by atoms with Crippen LogP contribution in [0.3, 0.4) is 0 Å². The molecule has 31 heavy (non-hydrogen) atoms. The smallest absolute Gasteiger partial charge is 0.497 e. The highest BCUT2D eigenvalue weighted by atomic mass is 32.2. The fourth-order valence-electron chi connectivity index (χ4n) is 3.58. The van der Waals surface area contributed by atoms with Crippen molar-refractivity contribution in [2.75, 3.05) is 18.6 Å². The second kappa shape index (κ2) is 7.56. The van der Waals surface area contributed by atoms with Crippen LogP contribution in [-0.4, -0.2) is 37.5 Å². The number of fused-ring (bicyclic) bond motifs is 2. The Labute approximate surface area is 176 Å². The number of alkyl halides is 3. The average molecular weight is 453 g/mol. The maximum atomic E-state index is 12.8. The summed E-state index contributed by atoms with van der Waals surface area (Å²) >= 11 is 0. The molecule has 0 fully saturated rings. The molecule has 0 aliphatic carbocycles. The summed E-state index contributed by atoms with van der Waals surface area (Å²) in [5, 5.41) is 1.95. The van der Waals surface area contributed by atoms with E-state index in [2.05, 4.69) is 14.2 Å². The lowest BCUT2D eigenvalue weighted by Gasteiger charge is -2.31. The van der Waals surface area contributed by atoms with Gasteiger partial charge in [0.1, 0.15) is 11.6 Å². The third kappa shape index (κ3) is 3.97. The molecule has 11 heteroatoms. The summed E-state index contributed by atoms with van der Waals surface area (Å²) < 4.78 is 71.1. The fraction of sp³-hybridized carbons (Fsp3) is 0.300. The molecule has 0 atom stereocenters. The maximum Gasteiger partial charge on any atom is 0.534 e. The van der Waals surface area contributed by atoms with Crippen LogP contribution in [0.15, 0.2) is 36.4 Å².